The van der Waals surface area contributed by atoms with E-state index in [2.05, 4.69) is 20.3 Å². The third-order valence-electron chi connectivity index (χ3n) is 6.89. The summed E-state index contributed by atoms with van der Waals surface area (Å²) < 4.78 is 30.4. The Bertz CT molecular complexity index is 1110. The highest BCUT2D eigenvalue weighted by Crippen LogP contribution is 2.30. The number of hydrogen-bond donors (Lipinski definition) is 1. The fourth-order valence-corrected chi connectivity index (χ4v) is 4.68. The maximum absolute atomic E-state index is 14.9. The third-order valence-corrected chi connectivity index (χ3v) is 6.89. The van der Waals surface area contributed by atoms with Crippen LogP contribution in [0.25, 0.3) is 16.8 Å². The molecule has 0 bridgehead atoms. The average molecular weight is 438 g/mol. The lowest BCUT2D eigenvalue weighted by atomic mass is 9.89. The zero-order chi connectivity index (χ0) is 22.2. The molecule has 5 nitrogen and oxygen atoms in total. The molecule has 2 fully saturated rings. The molecule has 3 aromatic rings. The molecule has 7 heteroatoms. The van der Waals surface area contributed by atoms with Crippen molar-refractivity contribution in [3.8, 4) is 16.8 Å². The van der Waals surface area contributed by atoms with Crippen molar-refractivity contribution in [2.45, 2.75) is 57.8 Å². The van der Waals surface area contributed by atoms with E-state index in [9.17, 15) is 8.78 Å². The lowest BCUT2D eigenvalue weighted by molar-refractivity contribution is 0.0553. The summed E-state index contributed by atoms with van der Waals surface area (Å²) in [7, 11) is 0. The maximum Gasteiger partial charge on any atom is 0.133 e. The molecular formula is C25H29F2N5. The molecule has 32 heavy (non-hydrogen) atoms. The fourth-order valence-electron chi connectivity index (χ4n) is 4.68. The van der Waals surface area contributed by atoms with Crippen LogP contribution in [-0.4, -0.2) is 51.0 Å². The minimum absolute atomic E-state index is 0.198. The molecular weight excluding hydrogens is 408 g/mol. The van der Waals surface area contributed by atoms with E-state index in [1.165, 1.54) is 25.3 Å². The predicted octanol–water partition coefficient (Wildman–Crippen LogP) is 5.07. The van der Waals surface area contributed by atoms with Gasteiger partial charge in [-0.25, -0.2) is 13.5 Å². The van der Waals surface area contributed by atoms with Gasteiger partial charge in [-0.2, -0.15) is 5.10 Å². The first-order valence-corrected chi connectivity index (χ1v) is 11.4. The second-order valence-electron chi connectivity index (χ2n) is 9.16. The van der Waals surface area contributed by atoms with E-state index in [0.29, 0.717) is 18.2 Å². The van der Waals surface area contributed by atoms with Crippen molar-refractivity contribution in [3.63, 3.8) is 0 Å². The molecule has 2 aromatic heterocycles. The van der Waals surface area contributed by atoms with E-state index in [4.69, 9.17) is 0 Å². The SMILES string of the molecule is Cc1cc(-n2cc(-c3cncc(NC4CCN(C5CCC5)CC4F)c3)cn2)c(C)cc1F. The van der Waals surface area contributed by atoms with Crippen molar-refractivity contribution in [2.24, 2.45) is 0 Å². The summed E-state index contributed by atoms with van der Waals surface area (Å²) in [4.78, 5) is 6.67. The number of likely N-dealkylation sites (tertiary alicyclic amines) is 1. The molecule has 5 rings (SSSR count). The summed E-state index contributed by atoms with van der Waals surface area (Å²) in [5, 5.41) is 7.84. The second-order valence-corrected chi connectivity index (χ2v) is 9.16. The summed E-state index contributed by atoms with van der Waals surface area (Å²) in [6.45, 7) is 5.07. The van der Waals surface area contributed by atoms with Gasteiger partial charge in [-0.15, -0.1) is 0 Å². The Morgan fingerprint density at radius 3 is 2.59 bits per heavy atom. The molecule has 1 aliphatic heterocycles. The van der Waals surface area contributed by atoms with Gasteiger partial charge in [0.25, 0.3) is 0 Å². The zero-order valence-electron chi connectivity index (χ0n) is 18.6. The molecule has 1 aromatic carbocycles. The zero-order valence-corrected chi connectivity index (χ0v) is 18.6. The molecule has 1 saturated carbocycles. The molecule has 0 amide bonds. The Labute approximate surface area is 187 Å². The van der Waals surface area contributed by atoms with Gasteiger partial charge in [0.1, 0.15) is 12.0 Å². The highest BCUT2D eigenvalue weighted by Gasteiger charge is 2.34. The average Bonchev–Trinajstić information content (AvgIpc) is 3.22. The van der Waals surface area contributed by atoms with Gasteiger partial charge in [0.2, 0.25) is 0 Å². The van der Waals surface area contributed by atoms with Crippen LogP contribution in [0.3, 0.4) is 0 Å². The minimum Gasteiger partial charge on any atom is -0.378 e. The van der Waals surface area contributed by atoms with Crippen LogP contribution in [0.4, 0.5) is 14.5 Å². The Morgan fingerprint density at radius 1 is 1.00 bits per heavy atom. The van der Waals surface area contributed by atoms with Crippen LogP contribution < -0.4 is 5.32 Å². The van der Waals surface area contributed by atoms with E-state index in [1.807, 2.05) is 19.2 Å². The molecule has 3 heterocycles. The van der Waals surface area contributed by atoms with E-state index in [1.54, 1.807) is 36.3 Å². The molecule has 1 N–H and O–H groups in total. The number of pyridine rings is 1. The first-order valence-electron chi connectivity index (χ1n) is 11.4. The summed E-state index contributed by atoms with van der Waals surface area (Å²) >= 11 is 0. The van der Waals surface area contributed by atoms with Crippen LogP contribution in [0, 0.1) is 19.7 Å². The summed E-state index contributed by atoms with van der Waals surface area (Å²) in [6, 6.07) is 5.71. The number of halogens is 2. The number of hydrogen-bond acceptors (Lipinski definition) is 4. The molecule has 168 valence electrons. The van der Waals surface area contributed by atoms with Gasteiger partial charge >= 0.3 is 0 Å². The van der Waals surface area contributed by atoms with Crippen molar-refractivity contribution in [2.75, 3.05) is 18.4 Å². The van der Waals surface area contributed by atoms with E-state index < -0.39 is 6.17 Å². The van der Waals surface area contributed by atoms with Crippen LogP contribution in [0.2, 0.25) is 0 Å². The van der Waals surface area contributed by atoms with Crippen LogP contribution in [0.5, 0.6) is 0 Å². The van der Waals surface area contributed by atoms with E-state index in [0.717, 1.165) is 41.0 Å². The van der Waals surface area contributed by atoms with Gasteiger partial charge < -0.3 is 5.32 Å². The lowest BCUT2D eigenvalue weighted by Gasteiger charge is -2.43. The number of rotatable bonds is 5. The van der Waals surface area contributed by atoms with Crippen molar-refractivity contribution < 1.29 is 8.78 Å². The summed E-state index contributed by atoms with van der Waals surface area (Å²) in [6.07, 6.45) is 10.8. The van der Waals surface area contributed by atoms with Gasteiger partial charge in [0, 0.05) is 48.8 Å². The Hall–Kier alpha value is -2.80. The Balaban J connectivity index is 1.30. The Morgan fingerprint density at radius 2 is 1.84 bits per heavy atom. The van der Waals surface area contributed by atoms with Crippen molar-refractivity contribution in [1.82, 2.24) is 19.7 Å². The molecule has 1 aliphatic carbocycles. The van der Waals surface area contributed by atoms with E-state index >= 15 is 0 Å². The number of anilines is 1. The van der Waals surface area contributed by atoms with E-state index in [-0.39, 0.29) is 11.9 Å². The highest BCUT2D eigenvalue weighted by molar-refractivity contribution is 5.66. The topological polar surface area (TPSA) is 46.0 Å². The normalized spacial score (nSPS) is 22.0. The number of nitrogens with zero attached hydrogens (tertiary/aromatic N) is 4. The van der Waals surface area contributed by atoms with Gasteiger partial charge in [-0.05, 0) is 62.4 Å². The highest BCUT2D eigenvalue weighted by atomic mass is 19.1. The molecule has 2 unspecified atom stereocenters. The number of alkyl halides is 1. The lowest BCUT2D eigenvalue weighted by Crippen LogP contribution is -2.53. The standard InChI is InChI=1S/C25H29F2N5/c1-16-9-25(17(2)8-22(16)26)32-14-19(12-29-32)18-10-20(13-28-11-18)30-24-6-7-31(15-23(24)27)21-4-3-5-21/h8-14,21,23-24,30H,3-7,15H2,1-2H3. The third kappa shape index (κ3) is 4.13. The molecule has 1 saturated heterocycles. The molecule has 0 spiro atoms. The quantitative estimate of drug-likeness (QED) is 0.606. The minimum atomic E-state index is -0.888. The number of aromatic nitrogens is 3. The number of nitrogens with one attached hydrogen (secondary N) is 1. The van der Waals surface area contributed by atoms with Gasteiger partial charge in [-0.1, -0.05) is 6.42 Å². The second kappa shape index (κ2) is 8.62. The first-order chi connectivity index (χ1) is 15.5. The monoisotopic (exact) mass is 437 g/mol. The van der Waals surface area contributed by atoms with Gasteiger partial charge in [0.15, 0.2) is 0 Å². The van der Waals surface area contributed by atoms with Crippen molar-refractivity contribution >= 4 is 5.69 Å². The first kappa shape index (κ1) is 21.1. The Kier molecular flexibility index (Phi) is 5.67. The van der Waals surface area contributed by atoms with Crippen LogP contribution >= 0.6 is 0 Å². The maximum atomic E-state index is 14.9. The van der Waals surface area contributed by atoms with Crippen LogP contribution in [0.15, 0.2) is 43.0 Å². The van der Waals surface area contributed by atoms with Crippen LogP contribution in [-0.2, 0) is 0 Å². The number of piperidine rings is 1. The largest absolute Gasteiger partial charge is 0.378 e. The molecule has 2 aliphatic rings. The van der Waals surface area contributed by atoms with Crippen molar-refractivity contribution in [3.05, 3.63) is 59.9 Å². The van der Waals surface area contributed by atoms with Crippen LogP contribution in [0.1, 0.15) is 36.8 Å². The van der Waals surface area contributed by atoms with Gasteiger partial charge in [-0.3, -0.25) is 9.88 Å². The number of benzene rings is 1. The smallest absolute Gasteiger partial charge is 0.133 e. The molecule has 0 radical (unpaired) electrons. The fraction of sp³-hybridized carbons (Fsp3) is 0.440. The van der Waals surface area contributed by atoms with Crippen molar-refractivity contribution in [1.29, 1.82) is 0 Å². The predicted molar refractivity (Wildman–Crippen MR) is 122 cm³/mol. The summed E-state index contributed by atoms with van der Waals surface area (Å²) in [5.41, 5.74) is 4.86. The molecule has 2 atom stereocenters. The summed E-state index contributed by atoms with van der Waals surface area (Å²) in [5.74, 6) is -0.216. The van der Waals surface area contributed by atoms with Gasteiger partial charge in [0.05, 0.1) is 23.6 Å². The number of aryl methyl sites for hydroxylation is 2.